The summed E-state index contributed by atoms with van der Waals surface area (Å²) in [6.07, 6.45) is 1.46. The van der Waals surface area contributed by atoms with Crippen molar-refractivity contribution >= 4 is 27.6 Å². The van der Waals surface area contributed by atoms with Crippen molar-refractivity contribution in [2.75, 3.05) is 19.5 Å². The molecule has 2 heterocycles. The van der Waals surface area contributed by atoms with Gasteiger partial charge in [-0.1, -0.05) is 17.7 Å². The number of halogens is 1. The van der Waals surface area contributed by atoms with Crippen LogP contribution in [0.15, 0.2) is 70.2 Å². The van der Waals surface area contributed by atoms with Crippen LogP contribution in [0.3, 0.4) is 0 Å². The molecule has 0 bridgehead atoms. The van der Waals surface area contributed by atoms with Gasteiger partial charge in [0, 0.05) is 11.6 Å². The Morgan fingerprint density at radius 2 is 1.81 bits per heavy atom. The van der Waals surface area contributed by atoms with Crippen LogP contribution >= 0.6 is 11.6 Å². The third-order valence-corrected chi connectivity index (χ3v) is 6.39. The average Bonchev–Trinajstić information content (AvgIpc) is 3.48. The van der Waals surface area contributed by atoms with E-state index in [4.69, 9.17) is 25.5 Å². The molecule has 0 atom stereocenters. The number of aromatic nitrogens is 3. The lowest BCUT2D eigenvalue weighted by Gasteiger charge is -2.11. The summed E-state index contributed by atoms with van der Waals surface area (Å²) in [5.41, 5.74) is 0.820. The van der Waals surface area contributed by atoms with Crippen molar-refractivity contribution in [1.29, 1.82) is 0 Å². The van der Waals surface area contributed by atoms with Gasteiger partial charge in [-0.2, -0.15) is 13.4 Å². The number of hydrogen-bond donors (Lipinski definition) is 1. The van der Waals surface area contributed by atoms with E-state index in [2.05, 4.69) is 15.4 Å². The van der Waals surface area contributed by atoms with Crippen molar-refractivity contribution < 1.29 is 22.3 Å². The first-order valence-electron chi connectivity index (χ1n) is 9.39. The van der Waals surface area contributed by atoms with Gasteiger partial charge >= 0.3 is 0 Å². The molecule has 2 aromatic heterocycles. The van der Waals surface area contributed by atoms with Gasteiger partial charge in [0.25, 0.3) is 10.0 Å². The first-order valence-corrected chi connectivity index (χ1v) is 11.2. The number of benzene rings is 2. The molecular formula is C21H19ClN4O5S. The molecule has 11 heteroatoms. The lowest BCUT2D eigenvalue weighted by atomic mass is 10.2. The van der Waals surface area contributed by atoms with Gasteiger partial charge in [0.1, 0.15) is 0 Å². The van der Waals surface area contributed by atoms with Gasteiger partial charge in [-0.3, -0.25) is 0 Å². The van der Waals surface area contributed by atoms with Gasteiger partial charge in [0.15, 0.2) is 17.3 Å². The molecule has 32 heavy (non-hydrogen) atoms. The molecule has 166 valence electrons. The van der Waals surface area contributed by atoms with Crippen LogP contribution < -0.4 is 14.8 Å². The maximum atomic E-state index is 13.3. The number of nitrogens with one attached hydrogen (secondary N) is 1. The molecule has 0 aliphatic rings. The van der Waals surface area contributed by atoms with Crippen LogP contribution in [0.25, 0.3) is 11.6 Å². The van der Waals surface area contributed by atoms with Gasteiger partial charge in [-0.25, -0.2) is 0 Å². The Morgan fingerprint density at radius 1 is 1.06 bits per heavy atom. The van der Waals surface area contributed by atoms with Gasteiger partial charge < -0.3 is 19.2 Å². The smallest absolute Gasteiger partial charge is 0.286 e. The van der Waals surface area contributed by atoms with E-state index >= 15 is 0 Å². The molecule has 9 nitrogen and oxygen atoms in total. The highest BCUT2D eigenvalue weighted by molar-refractivity contribution is 7.90. The van der Waals surface area contributed by atoms with Gasteiger partial charge in [-0.15, -0.1) is 9.19 Å². The summed E-state index contributed by atoms with van der Waals surface area (Å²) in [5, 5.41) is 7.64. The minimum Gasteiger partial charge on any atom is -0.493 e. The number of methoxy groups -OCH3 is 2. The lowest BCUT2D eigenvalue weighted by Crippen LogP contribution is -2.18. The molecule has 0 radical (unpaired) electrons. The van der Waals surface area contributed by atoms with E-state index < -0.39 is 10.0 Å². The summed E-state index contributed by atoms with van der Waals surface area (Å²) < 4.78 is 43.3. The predicted molar refractivity (Wildman–Crippen MR) is 119 cm³/mol. The molecule has 0 saturated heterocycles. The minimum absolute atomic E-state index is 0.0203. The van der Waals surface area contributed by atoms with Gasteiger partial charge in [0.05, 0.1) is 25.4 Å². The van der Waals surface area contributed by atoms with Crippen LogP contribution in [0.5, 0.6) is 11.5 Å². The first-order chi connectivity index (χ1) is 15.4. The number of anilines is 1. The lowest BCUT2D eigenvalue weighted by molar-refractivity contribution is 0.354. The van der Waals surface area contributed by atoms with E-state index in [0.29, 0.717) is 22.3 Å². The van der Waals surface area contributed by atoms with Crippen LogP contribution in [-0.2, 0) is 16.6 Å². The average molecular weight is 475 g/mol. The minimum atomic E-state index is -4.05. The fourth-order valence-electron chi connectivity index (χ4n) is 2.96. The van der Waals surface area contributed by atoms with E-state index in [0.717, 1.165) is 9.65 Å². The maximum absolute atomic E-state index is 13.3. The van der Waals surface area contributed by atoms with Crippen molar-refractivity contribution in [2.45, 2.75) is 11.4 Å². The Balaban J connectivity index is 1.70. The second-order valence-electron chi connectivity index (χ2n) is 6.58. The Labute approximate surface area is 189 Å². The van der Waals surface area contributed by atoms with Crippen molar-refractivity contribution in [3.63, 3.8) is 0 Å². The fraction of sp³-hybridized carbons (Fsp3) is 0.143. The third-order valence-electron chi connectivity index (χ3n) is 4.56. The quantitative estimate of drug-likeness (QED) is 0.407. The zero-order chi connectivity index (χ0) is 22.7. The van der Waals surface area contributed by atoms with Crippen molar-refractivity contribution in [1.82, 2.24) is 14.2 Å². The zero-order valence-corrected chi connectivity index (χ0v) is 18.7. The third kappa shape index (κ3) is 4.27. The first kappa shape index (κ1) is 21.7. The van der Waals surface area contributed by atoms with E-state index in [1.807, 2.05) is 6.07 Å². The fourth-order valence-corrected chi connectivity index (χ4v) is 4.29. The molecule has 0 amide bonds. The number of furan rings is 1. The topological polar surface area (TPSA) is 108 Å². The van der Waals surface area contributed by atoms with E-state index in [1.54, 1.807) is 38.5 Å². The number of hydrogen-bond acceptors (Lipinski definition) is 8. The van der Waals surface area contributed by atoms with Crippen LogP contribution in [0.4, 0.5) is 5.95 Å². The number of nitrogens with zero attached hydrogens (tertiary/aromatic N) is 3. The Hall–Kier alpha value is -3.50. The summed E-state index contributed by atoms with van der Waals surface area (Å²) in [4.78, 5) is 4.36. The molecule has 4 aromatic rings. The molecule has 2 aromatic carbocycles. The standard InChI is InChI=1S/C21H19ClN4O5S/c1-29-17-10-5-14(12-19(17)30-2)13-23-21-24-20(18-4-3-11-31-18)25-26(21)32(27,28)16-8-6-15(22)7-9-16/h3-12H,13H2,1-2H3,(H,23,24,25). The van der Waals surface area contributed by atoms with Crippen LogP contribution in [0, 0.1) is 0 Å². The van der Waals surface area contributed by atoms with Crippen molar-refractivity contribution in [2.24, 2.45) is 0 Å². The molecule has 1 N–H and O–H groups in total. The largest absolute Gasteiger partial charge is 0.493 e. The highest BCUT2D eigenvalue weighted by Gasteiger charge is 2.25. The summed E-state index contributed by atoms with van der Waals surface area (Å²) in [6, 6.07) is 14.5. The van der Waals surface area contributed by atoms with E-state index in [9.17, 15) is 8.42 Å². The summed E-state index contributed by atoms with van der Waals surface area (Å²) in [5.74, 6) is 1.64. The Kier molecular flexibility index (Phi) is 6.06. The second-order valence-corrected chi connectivity index (χ2v) is 8.78. The van der Waals surface area contributed by atoms with E-state index in [-0.39, 0.29) is 23.2 Å². The van der Waals surface area contributed by atoms with Crippen molar-refractivity contribution in [3.8, 4) is 23.1 Å². The van der Waals surface area contributed by atoms with E-state index in [1.165, 1.54) is 30.5 Å². The van der Waals surface area contributed by atoms with Crippen LogP contribution in [0.2, 0.25) is 5.02 Å². The normalized spacial score (nSPS) is 11.3. The second kappa shape index (κ2) is 8.93. The molecule has 0 aliphatic carbocycles. The van der Waals surface area contributed by atoms with Crippen molar-refractivity contribution in [3.05, 3.63) is 71.4 Å². The summed E-state index contributed by atoms with van der Waals surface area (Å²) >= 11 is 5.90. The molecular weight excluding hydrogens is 456 g/mol. The van der Waals surface area contributed by atoms with Gasteiger partial charge in [-0.05, 0) is 54.1 Å². The molecule has 4 rings (SSSR count). The number of ether oxygens (including phenoxy) is 2. The molecule has 0 unspecified atom stereocenters. The monoisotopic (exact) mass is 474 g/mol. The Morgan fingerprint density at radius 3 is 2.47 bits per heavy atom. The molecule has 0 fully saturated rings. The summed E-state index contributed by atoms with van der Waals surface area (Å²) in [6.45, 7) is 0.257. The SMILES string of the molecule is COc1ccc(CNc2nc(-c3ccco3)nn2S(=O)(=O)c2ccc(Cl)cc2)cc1OC. The summed E-state index contributed by atoms with van der Waals surface area (Å²) in [7, 11) is -0.956. The molecule has 0 saturated carbocycles. The number of rotatable bonds is 8. The van der Waals surface area contributed by atoms with Crippen LogP contribution in [0.1, 0.15) is 5.56 Å². The van der Waals surface area contributed by atoms with Gasteiger partial charge in [0.2, 0.25) is 11.8 Å². The Bertz CT molecular complexity index is 1320. The zero-order valence-electron chi connectivity index (χ0n) is 17.1. The molecule has 0 spiro atoms. The highest BCUT2D eigenvalue weighted by atomic mass is 35.5. The maximum Gasteiger partial charge on any atom is 0.286 e. The highest BCUT2D eigenvalue weighted by Crippen LogP contribution is 2.28. The van der Waals surface area contributed by atoms with Crippen LogP contribution in [-0.4, -0.2) is 36.8 Å². The molecule has 0 aliphatic heterocycles. The predicted octanol–water partition coefficient (Wildman–Crippen LogP) is 4.06.